The molecule has 5 heteroatoms. The van der Waals surface area contributed by atoms with Gasteiger partial charge in [-0.3, -0.25) is 13.4 Å². The lowest BCUT2D eigenvalue weighted by atomic mass is 10.1. The first-order valence-electron chi connectivity index (χ1n) is 5.67. The second-order valence-corrected chi connectivity index (χ2v) is 5.54. The van der Waals surface area contributed by atoms with Crippen LogP contribution in [0.25, 0.3) is 10.9 Å². The summed E-state index contributed by atoms with van der Waals surface area (Å²) in [5, 5.41) is 5.46. The molecule has 0 bridgehead atoms. The normalized spacial score (nSPS) is 21.0. The van der Waals surface area contributed by atoms with Crippen LogP contribution in [-0.2, 0) is 6.54 Å². The summed E-state index contributed by atoms with van der Waals surface area (Å²) in [7, 11) is 0. The third-order valence-corrected chi connectivity index (χ3v) is 4.79. The molecule has 86 valence electrons. The molecule has 1 aromatic carbocycles. The highest BCUT2D eigenvalue weighted by atomic mass is 79.9. The smallest absolute Gasteiger partial charge is 0.266 e. The lowest BCUT2D eigenvalue weighted by molar-refractivity contribution is 0.0765. The van der Waals surface area contributed by atoms with Gasteiger partial charge in [0, 0.05) is 5.39 Å². The van der Waals surface area contributed by atoms with Gasteiger partial charge in [0.05, 0.1) is 33.7 Å². The molecule has 0 unspecified atom stereocenters. The Bertz CT molecular complexity index is 644. The summed E-state index contributed by atoms with van der Waals surface area (Å²) in [6.45, 7) is 0.800. The predicted molar refractivity (Wildman–Crippen MR) is 66.8 cm³/mol. The number of nitrogens with zero attached hydrogens (tertiary/aromatic N) is 3. The molecule has 1 aliphatic carbocycles. The molecule has 0 atom stereocenters. The first-order valence-corrected chi connectivity index (χ1v) is 6.38. The molecule has 1 fully saturated rings. The van der Waals surface area contributed by atoms with Crippen LogP contribution in [0.4, 0.5) is 0 Å². The van der Waals surface area contributed by atoms with E-state index < -0.39 is 0 Å². The zero-order valence-electron chi connectivity index (χ0n) is 9.06. The monoisotopic (exact) mass is 291 g/mol. The number of rotatable bonds is 0. The highest BCUT2D eigenvalue weighted by Gasteiger charge is 2.54. The van der Waals surface area contributed by atoms with Crippen LogP contribution in [0.5, 0.6) is 0 Å². The summed E-state index contributed by atoms with van der Waals surface area (Å²) in [6, 6.07) is 7.80. The molecule has 1 saturated carbocycles. The molecule has 17 heavy (non-hydrogen) atoms. The van der Waals surface area contributed by atoms with Crippen LogP contribution in [-0.4, -0.2) is 25.2 Å². The van der Waals surface area contributed by atoms with Crippen LogP contribution >= 0.6 is 16.1 Å². The van der Waals surface area contributed by atoms with E-state index in [0.717, 1.165) is 30.3 Å². The quantitative estimate of drug-likeness (QED) is 0.699. The van der Waals surface area contributed by atoms with E-state index in [-0.39, 0.29) is 11.4 Å². The molecule has 4 rings (SSSR count). The maximum Gasteiger partial charge on any atom is 0.283 e. The Morgan fingerprint density at radius 2 is 2.06 bits per heavy atom. The zero-order valence-corrected chi connectivity index (χ0v) is 10.6. The molecular weight excluding hydrogens is 282 g/mol. The highest BCUT2D eigenvalue weighted by Crippen LogP contribution is 2.48. The standard InChI is InChI=1S/C12H10BrN3O/c13-16-11(17)10-8-3-1-2-4-9(8)14-15(10)7-12(16)5-6-12/h1-4H,5-7H2. The van der Waals surface area contributed by atoms with Crippen molar-refractivity contribution in [2.45, 2.75) is 24.9 Å². The topological polar surface area (TPSA) is 38.1 Å². The van der Waals surface area contributed by atoms with Gasteiger partial charge in [0.15, 0.2) is 0 Å². The molecule has 4 nitrogen and oxygen atoms in total. The Morgan fingerprint density at radius 3 is 2.82 bits per heavy atom. The van der Waals surface area contributed by atoms with Gasteiger partial charge >= 0.3 is 0 Å². The maximum absolute atomic E-state index is 12.4. The van der Waals surface area contributed by atoms with Gasteiger partial charge in [-0.05, 0) is 18.9 Å². The predicted octanol–water partition coefficient (Wildman–Crippen LogP) is 2.33. The fraction of sp³-hybridized carbons (Fsp3) is 0.333. The molecule has 1 aliphatic heterocycles. The molecule has 2 aliphatic rings. The largest absolute Gasteiger partial charge is 0.283 e. The number of carbonyl (C=O) groups excluding carboxylic acids is 1. The number of carbonyl (C=O) groups is 1. The van der Waals surface area contributed by atoms with Crippen LogP contribution in [0.1, 0.15) is 23.3 Å². The van der Waals surface area contributed by atoms with Crippen molar-refractivity contribution in [3.05, 3.63) is 30.0 Å². The Labute approximate surface area is 107 Å². The Hall–Kier alpha value is -1.36. The lowest BCUT2D eigenvalue weighted by Gasteiger charge is -2.31. The van der Waals surface area contributed by atoms with E-state index >= 15 is 0 Å². The highest BCUT2D eigenvalue weighted by molar-refractivity contribution is 9.07. The average molecular weight is 292 g/mol. The van der Waals surface area contributed by atoms with Gasteiger partial charge < -0.3 is 0 Å². The Morgan fingerprint density at radius 1 is 1.29 bits per heavy atom. The Kier molecular flexibility index (Phi) is 1.65. The first-order chi connectivity index (χ1) is 8.21. The van der Waals surface area contributed by atoms with Gasteiger partial charge in [0.2, 0.25) is 0 Å². The average Bonchev–Trinajstić information content (AvgIpc) is 3.00. The lowest BCUT2D eigenvalue weighted by Crippen LogP contribution is -2.44. The van der Waals surface area contributed by atoms with Gasteiger partial charge in [-0.2, -0.15) is 5.10 Å². The molecule has 2 aromatic rings. The maximum atomic E-state index is 12.4. The van der Waals surface area contributed by atoms with E-state index in [1.165, 1.54) is 0 Å². The van der Waals surface area contributed by atoms with Crippen molar-refractivity contribution < 1.29 is 4.79 Å². The third-order valence-electron chi connectivity index (χ3n) is 3.71. The van der Waals surface area contributed by atoms with Crippen LogP contribution in [0.15, 0.2) is 24.3 Å². The van der Waals surface area contributed by atoms with Crippen molar-refractivity contribution in [2.24, 2.45) is 0 Å². The number of amides is 1. The van der Waals surface area contributed by atoms with Crippen LogP contribution in [0.3, 0.4) is 0 Å². The van der Waals surface area contributed by atoms with Crippen LogP contribution in [0.2, 0.25) is 0 Å². The van der Waals surface area contributed by atoms with E-state index in [2.05, 4.69) is 21.2 Å². The Balaban J connectivity index is 2.01. The van der Waals surface area contributed by atoms with Crippen LogP contribution in [0, 0.1) is 0 Å². The SMILES string of the molecule is O=C1c2c3ccccc3nn2CC2(CC2)N1Br. The van der Waals surface area contributed by atoms with Crippen molar-refractivity contribution >= 4 is 33.0 Å². The number of aromatic nitrogens is 2. The first kappa shape index (κ1) is 9.65. The molecule has 1 aromatic heterocycles. The second kappa shape index (κ2) is 2.90. The summed E-state index contributed by atoms with van der Waals surface area (Å²) in [4.78, 5) is 12.4. The van der Waals surface area contributed by atoms with Gasteiger partial charge in [0.1, 0.15) is 5.69 Å². The van der Waals surface area contributed by atoms with E-state index in [1.807, 2.05) is 28.9 Å². The molecule has 1 amide bonds. The minimum Gasteiger partial charge on any atom is -0.266 e. The van der Waals surface area contributed by atoms with Gasteiger partial charge in [-0.1, -0.05) is 18.2 Å². The van der Waals surface area contributed by atoms with Crippen molar-refractivity contribution in [3.8, 4) is 0 Å². The molecule has 1 spiro atoms. The second-order valence-electron chi connectivity index (χ2n) is 4.83. The third kappa shape index (κ3) is 1.12. The minimum atomic E-state index is -0.0217. The summed E-state index contributed by atoms with van der Waals surface area (Å²) >= 11 is 3.42. The number of hydrogen-bond acceptors (Lipinski definition) is 2. The molecule has 0 saturated heterocycles. The van der Waals surface area contributed by atoms with E-state index in [9.17, 15) is 4.79 Å². The number of fused-ring (bicyclic) bond motifs is 3. The summed E-state index contributed by atoms with van der Waals surface area (Å²) in [5.74, 6) is 0.0300. The van der Waals surface area contributed by atoms with Crippen molar-refractivity contribution in [1.82, 2.24) is 13.7 Å². The molecule has 2 heterocycles. The van der Waals surface area contributed by atoms with Crippen molar-refractivity contribution in [3.63, 3.8) is 0 Å². The summed E-state index contributed by atoms with van der Waals surface area (Å²) < 4.78 is 3.60. The zero-order chi connectivity index (χ0) is 11.6. The van der Waals surface area contributed by atoms with E-state index in [0.29, 0.717) is 5.69 Å². The van der Waals surface area contributed by atoms with Gasteiger partial charge in [-0.25, -0.2) is 0 Å². The number of benzene rings is 1. The van der Waals surface area contributed by atoms with Crippen molar-refractivity contribution in [2.75, 3.05) is 0 Å². The van der Waals surface area contributed by atoms with Gasteiger partial charge in [-0.15, -0.1) is 0 Å². The molecule has 0 N–H and O–H groups in total. The van der Waals surface area contributed by atoms with E-state index in [1.54, 1.807) is 3.93 Å². The van der Waals surface area contributed by atoms with Crippen molar-refractivity contribution in [1.29, 1.82) is 0 Å². The minimum absolute atomic E-state index is 0.0217. The molecule has 0 radical (unpaired) electrons. The summed E-state index contributed by atoms with van der Waals surface area (Å²) in [5.41, 5.74) is 1.58. The number of hydrogen-bond donors (Lipinski definition) is 0. The van der Waals surface area contributed by atoms with E-state index in [4.69, 9.17) is 0 Å². The molecular formula is C12H10BrN3O. The van der Waals surface area contributed by atoms with Gasteiger partial charge in [0.25, 0.3) is 5.91 Å². The summed E-state index contributed by atoms with van der Waals surface area (Å²) in [6.07, 6.45) is 2.11. The van der Waals surface area contributed by atoms with Crippen LogP contribution < -0.4 is 0 Å². The fourth-order valence-electron chi connectivity index (χ4n) is 2.57. The fourth-order valence-corrected chi connectivity index (χ4v) is 3.20. The number of halogens is 1.